The standard InChI is InChI=1S/C13H13ClFN3/c1-2-17-13(9-5-11(15)8-16-6-9)12-4-3-10(14)7-18-12/h3-8,13,17H,2H2,1H3. The van der Waals surface area contributed by atoms with Crippen molar-refractivity contribution in [3.05, 3.63) is 58.9 Å². The largest absolute Gasteiger partial charge is 0.305 e. The molecule has 94 valence electrons. The molecule has 1 atom stereocenters. The third kappa shape index (κ3) is 3.03. The first-order chi connectivity index (χ1) is 8.70. The second kappa shape index (κ2) is 5.89. The minimum atomic E-state index is -0.357. The predicted octanol–water partition coefficient (Wildman–Crippen LogP) is 2.97. The molecular formula is C13H13ClFN3. The Balaban J connectivity index is 2.36. The van der Waals surface area contributed by atoms with Gasteiger partial charge in [-0.15, -0.1) is 0 Å². The van der Waals surface area contributed by atoms with Gasteiger partial charge >= 0.3 is 0 Å². The van der Waals surface area contributed by atoms with Crippen molar-refractivity contribution < 1.29 is 4.39 Å². The fraction of sp³-hybridized carbons (Fsp3) is 0.231. The number of nitrogens with zero attached hydrogens (tertiary/aromatic N) is 2. The molecule has 0 aliphatic rings. The molecule has 0 saturated carbocycles. The Bertz CT molecular complexity index is 516. The third-order valence-corrected chi connectivity index (χ3v) is 2.74. The molecule has 0 radical (unpaired) electrons. The molecule has 2 aromatic heterocycles. The van der Waals surface area contributed by atoms with Crippen LogP contribution in [0.5, 0.6) is 0 Å². The zero-order chi connectivity index (χ0) is 13.0. The fourth-order valence-corrected chi connectivity index (χ4v) is 1.85. The van der Waals surface area contributed by atoms with Gasteiger partial charge in [-0.3, -0.25) is 9.97 Å². The Morgan fingerprint density at radius 1 is 1.33 bits per heavy atom. The van der Waals surface area contributed by atoms with Crippen LogP contribution in [-0.2, 0) is 0 Å². The van der Waals surface area contributed by atoms with E-state index < -0.39 is 0 Å². The average molecular weight is 266 g/mol. The summed E-state index contributed by atoms with van der Waals surface area (Å²) in [6, 6.07) is 4.86. The van der Waals surface area contributed by atoms with Gasteiger partial charge in [0.1, 0.15) is 5.82 Å². The summed E-state index contributed by atoms with van der Waals surface area (Å²) in [5.74, 6) is -0.357. The van der Waals surface area contributed by atoms with Crippen molar-refractivity contribution in [2.75, 3.05) is 6.54 Å². The molecule has 0 aliphatic carbocycles. The van der Waals surface area contributed by atoms with Gasteiger partial charge in [0.15, 0.2) is 0 Å². The molecule has 0 bridgehead atoms. The Hall–Kier alpha value is -1.52. The van der Waals surface area contributed by atoms with Gasteiger partial charge in [-0.25, -0.2) is 4.39 Å². The Morgan fingerprint density at radius 3 is 2.78 bits per heavy atom. The van der Waals surface area contributed by atoms with Gasteiger partial charge in [-0.2, -0.15) is 0 Å². The van der Waals surface area contributed by atoms with Gasteiger partial charge in [0.25, 0.3) is 0 Å². The lowest BCUT2D eigenvalue weighted by Gasteiger charge is -2.17. The van der Waals surface area contributed by atoms with Crippen LogP contribution in [0.25, 0.3) is 0 Å². The highest BCUT2D eigenvalue weighted by Gasteiger charge is 2.15. The zero-order valence-electron chi connectivity index (χ0n) is 9.90. The predicted molar refractivity (Wildman–Crippen MR) is 69.0 cm³/mol. The van der Waals surface area contributed by atoms with Crippen molar-refractivity contribution in [2.45, 2.75) is 13.0 Å². The first kappa shape index (κ1) is 12.9. The normalized spacial score (nSPS) is 12.4. The first-order valence-electron chi connectivity index (χ1n) is 5.66. The minimum absolute atomic E-state index is 0.185. The van der Waals surface area contributed by atoms with E-state index in [4.69, 9.17) is 11.6 Å². The lowest BCUT2D eigenvalue weighted by atomic mass is 10.1. The molecular weight excluding hydrogens is 253 g/mol. The molecule has 0 spiro atoms. The maximum absolute atomic E-state index is 13.2. The summed E-state index contributed by atoms with van der Waals surface area (Å²) in [7, 11) is 0. The summed E-state index contributed by atoms with van der Waals surface area (Å²) < 4.78 is 13.2. The number of pyridine rings is 2. The van der Waals surface area contributed by atoms with Crippen LogP contribution in [0.15, 0.2) is 36.8 Å². The van der Waals surface area contributed by atoms with Gasteiger partial charge in [0.05, 0.1) is 23.0 Å². The van der Waals surface area contributed by atoms with E-state index >= 15 is 0 Å². The van der Waals surface area contributed by atoms with E-state index in [-0.39, 0.29) is 11.9 Å². The number of nitrogens with one attached hydrogen (secondary N) is 1. The van der Waals surface area contributed by atoms with E-state index in [9.17, 15) is 4.39 Å². The van der Waals surface area contributed by atoms with Crippen molar-refractivity contribution >= 4 is 11.6 Å². The number of halogens is 2. The number of rotatable bonds is 4. The van der Waals surface area contributed by atoms with Crippen LogP contribution in [0.2, 0.25) is 5.02 Å². The highest BCUT2D eigenvalue weighted by Crippen LogP contribution is 2.21. The van der Waals surface area contributed by atoms with Gasteiger partial charge in [-0.1, -0.05) is 18.5 Å². The summed E-state index contributed by atoms with van der Waals surface area (Å²) in [5, 5.41) is 3.82. The van der Waals surface area contributed by atoms with E-state index in [2.05, 4.69) is 15.3 Å². The third-order valence-electron chi connectivity index (χ3n) is 2.51. The quantitative estimate of drug-likeness (QED) is 0.924. The van der Waals surface area contributed by atoms with Crippen LogP contribution < -0.4 is 5.32 Å². The first-order valence-corrected chi connectivity index (χ1v) is 6.03. The summed E-state index contributed by atoms with van der Waals surface area (Å²) >= 11 is 5.81. The molecule has 1 N–H and O–H groups in total. The van der Waals surface area contributed by atoms with E-state index in [0.717, 1.165) is 17.8 Å². The van der Waals surface area contributed by atoms with Crippen LogP contribution in [0.3, 0.4) is 0 Å². The SMILES string of the molecule is CCNC(c1cncc(F)c1)c1ccc(Cl)cn1. The molecule has 0 saturated heterocycles. The minimum Gasteiger partial charge on any atom is -0.305 e. The highest BCUT2D eigenvalue weighted by atomic mass is 35.5. The molecule has 0 fully saturated rings. The maximum atomic E-state index is 13.2. The Labute approximate surface area is 110 Å². The maximum Gasteiger partial charge on any atom is 0.141 e. The second-order valence-corrected chi connectivity index (χ2v) is 4.26. The van der Waals surface area contributed by atoms with Gasteiger partial charge in [-0.05, 0) is 30.3 Å². The van der Waals surface area contributed by atoms with Crippen molar-refractivity contribution in [3.63, 3.8) is 0 Å². The molecule has 3 nitrogen and oxygen atoms in total. The molecule has 0 aromatic carbocycles. The van der Waals surface area contributed by atoms with E-state index in [0.29, 0.717) is 5.02 Å². The van der Waals surface area contributed by atoms with Gasteiger partial charge < -0.3 is 5.32 Å². The van der Waals surface area contributed by atoms with Crippen LogP contribution in [-0.4, -0.2) is 16.5 Å². The molecule has 5 heteroatoms. The van der Waals surface area contributed by atoms with Crippen molar-refractivity contribution in [1.29, 1.82) is 0 Å². The Morgan fingerprint density at radius 2 is 2.17 bits per heavy atom. The monoisotopic (exact) mass is 265 g/mol. The molecule has 0 amide bonds. The van der Waals surface area contributed by atoms with Crippen LogP contribution in [0.1, 0.15) is 24.2 Å². The number of hydrogen-bond donors (Lipinski definition) is 1. The van der Waals surface area contributed by atoms with E-state index in [1.807, 2.05) is 13.0 Å². The molecule has 18 heavy (non-hydrogen) atoms. The summed E-state index contributed by atoms with van der Waals surface area (Å²) in [6.45, 7) is 2.72. The fourth-order valence-electron chi connectivity index (χ4n) is 1.74. The molecule has 2 rings (SSSR count). The van der Waals surface area contributed by atoms with E-state index in [1.165, 1.54) is 12.3 Å². The number of hydrogen-bond acceptors (Lipinski definition) is 3. The molecule has 0 aliphatic heterocycles. The highest BCUT2D eigenvalue weighted by molar-refractivity contribution is 6.30. The zero-order valence-corrected chi connectivity index (χ0v) is 10.7. The second-order valence-electron chi connectivity index (χ2n) is 3.83. The van der Waals surface area contributed by atoms with E-state index in [1.54, 1.807) is 18.5 Å². The molecule has 1 unspecified atom stereocenters. The van der Waals surface area contributed by atoms with Crippen LogP contribution in [0.4, 0.5) is 4.39 Å². The summed E-state index contributed by atoms with van der Waals surface area (Å²) in [6.07, 6.45) is 4.39. The smallest absolute Gasteiger partial charge is 0.141 e. The Kier molecular flexibility index (Phi) is 4.23. The van der Waals surface area contributed by atoms with Gasteiger partial charge in [0.2, 0.25) is 0 Å². The summed E-state index contributed by atoms with van der Waals surface area (Å²) in [5.41, 5.74) is 1.53. The van der Waals surface area contributed by atoms with Crippen molar-refractivity contribution in [1.82, 2.24) is 15.3 Å². The van der Waals surface area contributed by atoms with Crippen molar-refractivity contribution in [3.8, 4) is 0 Å². The molecule has 2 heterocycles. The average Bonchev–Trinajstić information content (AvgIpc) is 2.37. The van der Waals surface area contributed by atoms with Crippen molar-refractivity contribution in [2.24, 2.45) is 0 Å². The topological polar surface area (TPSA) is 37.8 Å². The molecule has 2 aromatic rings. The van der Waals surface area contributed by atoms with Crippen LogP contribution >= 0.6 is 11.6 Å². The summed E-state index contributed by atoms with van der Waals surface area (Å²) in [4.78, 5) is 8.12. The number of aromatic nitrogens is 2. The van der Waals surface area contributed by atoms with Crippen LogP contribution in [0, 0.1) is 5.82 Å². The lowest BCUT2D eigenvalue weighted by Crippen LogP contribution is -2.23. The lowest BCUT2D eigenvalue weighted by molar-refractivity contribution is 0.589. The van der Waals surface area contributed by atoms with Gasteiger partial charge in [0, 0.05) is 12.4 Å².